The van der Waals surface area contributed by atoms with Crippen LogP contribution in [0, 0.1) is 0 Å². The molecule has 1 N–H and O–H groups in total. The third-order valence-electron chi connectivity index (χ3n) is 1.99. The molecule has 0 atom stereocenters. The lowest BCUT2D eigenvalue weighted by Gasteiger charge is -1.99. The van der Waals surface area contributed by atoms with Crippen LogP contribution in [0.1, 0.15) is 15.4 Å². The van der Waals surface area contributed by atoms with E-state index in [-0.39, 0.29) is 5.91 Å². The van der Waals surface area contributed by atoms with Crippen LogP contribution in [0.4, 0.5) is 5.13 Å². The summed E-state index contributed by atoms with van der Waals surface area (Å²) in [5.41, 5.74) is 0.594. The van der Waals surface area contributed by atoms with Crippen molar-refractivity contribution >= 4 is 22.4 Å². The second kappa shape index (κ2) is 5.51. The van der Waals surface area contributed by atoms with Crippen molar-refractivity contribution in [2.24, 2.45) is 0 Å². The van der Waals surface area contributed by atoms with Crippen LogP contribution in [0.15, 0.2) is 30.3 Å². The van der Waals surface area contributed by atoms with Gasteiger partial charge in [0, 0.05) is 12.7 Å². The Morgan fingerprint density at radius 2 is 2.12 bits per heavy atom. The molecule has 5 nitrogen and oxygen atoms in total. The molecule has 2 aromatic rings. The lowest BCUT2D eigenvalue weighted by molar-refractivity contribution is 0.102. The summed E-state index contributed by atoms with van der Waals surface area (Å²) in [4.78, 5) is 11.8. The number of methoxy groups -OCH3 is 1. The molecule has 1 heterocycles. The van der Waals surface area contributed by atoms with Crippen LogP contribution >= 0.6 is 11.3 Å². The van der Waals surface area contributed by atoms with E-state index in [2.05, 4.69) is 15.5 Å². The van der Waals surface area contributed by atoms with Crippen LogP contribution in [0.25, 0.3) is 0 Å². The fourth-order valence-electron chi connectivity index (χ4n) is 1.24. The van der Waals surface area contributed by atoms with Crippen LogP contribution in [0.2, 0.25) is 0 Å². The van der Waals surface area contributed by atoms with Crippen LogP contribution in [-0.4, -0.2) is 23.2 Å². The molecule has 1 amide bonds. The molecular formula is C11H11N3O2S. The molecule has 0 aliphatic rings. The SMILES string of the molecule is COCc1nnc(NC(=O)c2ccccc2)s1. The predicted octanol–water partition coefficient (Wildman–Crippen LogP) is 1.94. The predicted molar refractivity (Wildman–Crippen MR) is 65.0 cm³/mol. The molecule has 0 saturated carbocycles. The number of aromatic nitrogens is 2. The fourth-order valence-corrected chi connectivity index (χ4v) is 1.95. The van der Waals surface area contributed by atoms with Gasteiger partial charge in [-0.25, -0.2) is 0 Å². The summed E-state index contributed by atoms with van der Waals surface area (Å²) in [6.07, 6.45) is 0. The first-order valence-corrected chi connectivity index (χ1v) is 5.79. The van der Waals surface area contributed by atoms with Gasteiger partial charge in [0.1, 0.15) is 11.6 Å². The summed E-state index contributed by atoms with van der Waals surface area (Å²) in [6, 6.07) is 8.97. The van der Waals surface area contributed by atoms with Crippen LogP contribution < -0.4 is 5.32 Å². The molecule has 0 aliphatic carbocycles. The molecule has 0 bridgehead atoms. The molecule has 17 heavy (non-hydrogen) atoms. The van der Waals surface area contributed by atoms with E-state index in [0.717, 1.165) is 5.01 Å². The molecule has 0 radical (unpaired) electrons. The van der Waals surface area contributed by atoms with Gasteiger partial charge in [0.15, 0.2) is 0 Å². The van der Waals surface area contributed by atoms with Crippen molar-refractivity contribution in [2.75, 3.05) is 12.4 Å². The number of hydrogen-bond acceptors (Lipinski definition) is 5. The zero-order valence-electron chi connectivity index (χ0n) is 9.21. The monoisotopic (exact) mass is 249 g/mol. The minimum atomic E-state index is -0.189. The first-order valence-electron chi connectivity index (χ1n) is 4.97. The number of hydrogen-bond donors (Lipinski definition) is 1. The van der Waals surface area contributed by atoms with Crippen LogP contribution in [0.5, 0.6) is 0 Å². The molecular weight excluding hydrogens is 238 g/mol. The van der Waals surface area contributed by atoms with Gasteiger partial charge < -0.3 is 4.74 Å². The van der Waals surface area contributed by atoms with Crippen molar-refractivity contribution in [3.8, 4) is 0 Å². The third kappa shape index (κ3) is 3.08. The molecule has 0 saturated heterocycles. The number of carbonyl (C=O) groups is 1. The highest BCUT2D eigenvalue weighted by atomic mass is 32.1. The third-order valence-corrected chi connectivity index (χ3v) is 2.80. The second-order valence-electron chi connectivity index (χ2n) is 3.25. The highest BCUT2D eigenvalue weighted by Crippen LogP contribution is 2.16. The molecule has 88 valence electrons. The van der Waals surface area contributed by atoms with Gasteiger partial charge >= 0.3 is 0 Å². The number of amides is 1. The van der Waals surface area contributed by atoms with E-state index in [0.29, 0.717) is 17.3 Å². The van der Waals surface area contributed by atoms with Crippen LogP contribution in [-0.2, 0) is 11.3 Å². The Balaban J connectivity index is 2.03. The Labute approximate surface area is 102 Å². The van der Waals surface area contributed by atoms with Gasteiger partial charge in [0.05, 0.1) is 0 Å². The van der Waals surface area contributed by atoms with E-state index >= 15 is 0 Å². The lowest BCUT2D eigenvalue weighted by atomic mass is 10.2. The molecule has 0 aliphatic heterocycles. The Morgan fingerprint density at radius 3 is 2.82 bits per heavy atom. The van der Waals surface area contributed by atoms with Crippen molar-refractivity contribution < 1.29 is 9.53 Å². The Kier molecular flexibility index (Phi) is 3.79. The number of rotatable bonds is 4. The average molecular weight is 249 g/mol. The number of carbonyl (C=O) groups excluding carboxylic acids is 1. The van der Waals surface area contributed by atoms with Gasteiger partial charge in [-0.1, -0.05) is 29.5 Å². The van der Waals surface area contributed by atoms with E-state index in [1.165, 1.54) is 11.3 Å². The van der Waals surface area contributed by atoms with Crippen molar-refractivity contribution in [1.29, 1.82) is 0 Å². The number of nitrogens with one attached hydrogen (secondary N) is 1. The van der Waals surface area contributed by atoms with Gasteiger partial charge in [0.2, 0.25) is 5.13 Å². The highest BCUT2D eigenvalue weighted by Gasteiger charge is 2.09. The zero-order chi connectivity index (χ0) is 12.1. The maximum Gasteiger partial charge on any atom is 0.257 e. The maximum absolute atomic E-state index is 11.8. The molecule has 0 fully saturated rings. The topological polar surface area (TPSA) is 64.1 Å². The number of anilines is 1. The summed E-state index contributed by atoms with van der Waals surface area (Å²) in [6.45, 7) is 0.402. The molecule has 0 unspecified atom stereocenters. The summed E-state index contributed by atoms with van der Waals surface area (Å²) >= 11 is 1.30. The fraction of sp³-hybridized carbons (Fsp3) is 0.182. The van der Waals surface area contributed by atoms with Crippen molar-refractivity contribution in [3.63, 3.8) is 0 Å². The smallest absolute Gasteiger partial charge is 0.257 e. The van der Waals surface area contributed by atoms with Gasteiger partial charge in [-0.2, -0.15) is 0 Å². The Bertz CT molecular complexity index is 498. The van der Waals surface area contributed by atoms with Gasteiger partial charge in [0.25, 0.3) is 5.91 Å². The minimum Gasteiger partial charge on any atom is -0.377 e. The van der Waals surface area contributed by atoms with Gasteiger partial charge in [-0.05, 0) is 12.1 Å². The summed E-state index contributed by atoms with van der Waals surface area (Å²) in [5, 5.41) is 11.6. The molecule has 6 heteroatoms. The minimum absolute atomic E-state index is 0.189. The molecule has 1 aromatic heterocycles. The van der Waals surface area contributed by atoms with E-state index in [1.807, 2.05) is 18.2 Å². The van der Waals surface area contributed by atoms with Gasteiger partial charge in [-0.3, -0.25) is 10.1 Å². The summed E-state index contributed by atoms with van der Waals surface area (Å²) in [7, 11) is 1.59. The van der Waals surface area contributed by atoms with Gasteiger partial charge in [-0.15, -0.1) is 10.2 Å². The Morgan fingerprint density at radius 1 is 1.35 bits per heavy atom. The molecule has 1 aromatic carbocycles. The molecule has 2 rings (SSSR count). The number of ether oxygens (including phenoxy) is 1. The van der Waals surface area contributed by atoms with Crippen molar-refractivity contribution in [3.05, 3.63) is 40.9 Å². The summed E-state index contributed by atoms with van der Waals surface area (Å²) < 4.78 is 4.93. The first kappa shape index (κ1) is 11.7. The first-order chi connectivity index (χ1) is 8.29. The highest BCUT2D eigenvalue weighted by molar-refractivity contribution is 7.15. The van der Waals surface area contributed by atoms with E-state index in [4.69, 9.17) is 4.74 Å². The quantitative estimate of drug-likeness (QED) is 0.899. The second-order valence-corrected chi connectivity index (χ2v) is 4.32. The van der Waals surface area contributed by atoms with E-state index < -0.39 is 0 Å². The summed E-state index contributed by atoms with van der Waals surface area (Å²) in [5.74, 6) is -0.189. The standard InChI is InChI=1S/C11H11N3O2S/c1-16-7-9-13-14-11(17-9)12-10(15)8-5-3-2-4-6-8/h2-6H,7H2,1H3,(H,12,14,15). The largest absolute Gasteiger partial charge is 0.377 e. The van der Waals surface area contributed by atoms with Crippen molar-refractivity contribution in [1.82, 2.24) is 10.2 Å². The number of benzene rings is 1. The van der Waals surface area contributed by atoms with E-state index in [9.17, 15) is 4.79 Å². The molecule has 0 spiro atoms. The maximum atomic E-state index is 11.8. The van der Waals surface area contributed by atoms with E-state index in [1.54, 1.807) is 19.2 Å². The Hall–Kier alpha value is -1.79. The number of nitrogens with zero attached hydrogens (tertiary/aromatic N) is 2. The lowest BCUT2D eigenvalue weighted by Crippen LogP contribution is -2.11. The van der Waals surface area contributed by atoms with Crippen LogP contribution in [0.3, 0.4) is 0 Å². The normalized spacial score (nSPS) is 10.2. The van der Waals surface area contributed by atoms with Crippen molar-refractivity contribution in [2.45, 2.75) is 6.61 Å². The average Bonchev–Trinajstić information content (AvgIpc) is 2.78. The zero-order valence-corrected chi connectivity index (χ0v) is 10.0.